The summed E-state index contributed by atoms with van der Waals surface area (Å²) >= 11 is 0. The lowest BCUT2D eigenvalue weighted by Crippen LogP contribution is -1.99. The number of hydrogen-bond donors (Lipinski definition) is 2. The van der Waals surface area contributed by atoms with E-state index < -0.39 is 5.97 Å². The number of carboxylic acids is 1. The molecule has 0 saturated carbocycles. The molecule has 0 atom stereocenters. The number of rotatable bonds is 2. The Labute approximate surface area is 113 Å². The van der Waals surface area contributed by atoms with Crippen LogP contribution in [0.15, 0.2) is 24.4 Å². The van der Waals surface area contributed by atoms with Gasteiger partial charge >= 0.3 is 5.97 Å². The van der Waals surface area contributed by atoms with E-state index in [0.717, 1.165) is 10.9 Å². The van der Waals surface area contributed by atoms with Crippen molar-refractivity contribution < 1.29 is 14.3 Å². The van der Waals surface area contributed by atoms with Crippen LogP contribution in [0, 0.1) is 12.7 Å². The zero-order valence-corrected chi connectivity index (χ0v) is 10.9. The average molecular weight is 273 g/mol. The number of fused-ring (bicyclic) bond motifs is 1. The molecule has 0 spiro atoms. The topological polar surface area (TPSA) is 70.9 Å². The molecule has 0 fully saturated rings. The van der Waals surface area contributed by atoms with Crippen molar-refractivity contribution in [3.05, 3.63) is 41.5 Å². The van der Waals surface area contributed by atoms with Gasteiger partial charge in [-0.15, -0.1) is 0 Å². The minimum Gasteiger partial charge on any atom is -0.476 e. The summed E-state index contributed by atoms with van der Waals surface area (Å²) in [5.74, 6) is -1.48. The van der Waals surface area contributed by atoms with Crippen molar-refractivity contribution in [3.63, 3.8) is 0 Å². The smallest absolute Gasteiger partial charge is 0.356 e. The Morgan fingerprint density at radius 1 is 1.40 bits per heavy atom. The number of halogens is 1. The Bertz CT molecular complexity index is 832. The first kappa shape index (κ1) is 12.4. The maximum atomic E-state index is 14.1. The van der Waals surface area contributed by atoms with Crippen molar-refractivity contribution in [1.82, 2.24) is 14.8 Å². The van der Waals surface area contributed by atoms with Gasteiger partial charge in [-0.2, -0.15) is 5.10 Å². The monoisotopic (exact) mass is 273 g/mol. The Hall–Kier alpha value is -2.63. The number of nitrogens with one attached hydrogen (secondary N) is 1. The predicted molar refractivity (Wildman–Crippen MR) is 72.2 cm³/mol. The molecule has 0 bridgehead atoms. The Morgan fingerprint density at radius 3 is 2.80 bits per heavy atom. The molecule has 3 rings (SSSR count). The largest absolute Gasteiger partial charge is 0.476 e. The second kappa shape index (κ2) is 4.19. The molecule has 2 N–H and O–H groups in total. The van der Waals surface area contributed by atoms with Gasteiger partial charge in [-0.3, -0.25) is 4.68 Å². The van der Waals surface area contributed by atoms with E-state index in [1.165, 1.54) is 16.8 Å². The molecule has 3 aromatic rings. The van der Waals surface area contributed by atoms with E-state index in [9.17, 15) is 9.18 Å². The summed E-state index contributed by atoms with van der Waals surface area (Å²) in [6.45, 7) is 1.88. The summed E-state index contributed by atoms with van der Waals surface area (Å²) in [5.41, 5.74) is 2.48. The van der Waals surface area contributed by atoms with Crippen LogP contribution in [-0.2, 0) is 7.05 Å². The predicted octanol–water partition coefficient (Wildman–Crippen LogP) is 2.71. The fraction of sp³-hybridized carbons (Fsp3) is 0.143. The second-order valence-corrected chi connectivity index (χ2v) is 4.70. The van der Waals surface area contributed by atoms with Crippen LogP contribution in [0.1, 0.15) is 16.1 Å². The number of aromatic nitrogens is 3. The van der Waals surface area contributed by atoms with Crippen LogP contribution in [0.2, 0.25) is 0 Å². The van der Waals surface area contributed by atoms with Crippen LogP contribution in [0.25, 0.3) is 22.2 Å². The molecule has 2 heterocycles. The second-order valence-electron chi connectivity index (χ2n) is 4.70. The minimum absolute atomic E-state index is 0.0613. The van der Waals surface area contributed by atoms with E-state index in [1.54, 1.807) is 13.2 Å². The third kappa shape index (κ3) is 1.77. The first-order valence-corrected chi connectivity index (χ1v) is 6.02. The van der Waals surface area contributed by atoms with Gasteiger partial charge in [0, 0.05) is 24.2 Å². The molecule has 0 saturated heterocycles. The van der Waals surface area contributed by atoms with E-state index in [-0.39, 0.29) is 11.5 Å². The van der Waals surface area contributed by atoms with Gasteiger partial charge in [0.05, 0.1) is 11.2 Å². The molecule has 0 aliphatic rings. The lowest BCUT2D eigenvalue weighted by molar-refractivity contribution is 0.0689. The first-order valence-electron chi connectivity index (χ1n) is 6.02. The van der Waals surface area contributed by atoms with Crippen molar-refractivity contribution in [2.45, 2.75) is 6.92 Å². The number of carboxylic acid groups (broad SMARTS) is 1. The summed E-state index contributed by atoms with van der Waals surface area (Å²) in [4.78, 5) is 13.8. The minimum atomic E-state index is -1.11. The molecular formula is C14H12FN3O2. The van der Waals surface area contributed by atoms with Crippen LogP contribution >= 0.6 is 0 Å². The van der Waals surface area contributed by atoms with Crippen LogP contribution in [-0.4, -0.2) is 25.8 Å². The van der Waals surface area contributed by atoms with E-state index in [4.69, 9.17) is 5.11 Å². The van der Waals surface area contributed by atoms with Crippen molar-refractivity contribution in [2.24, 2.45) is 7.05 Å². The highest BCUT2D eigenvalue weighted by atomic mass is 19.1. The van der Waals surface area contributed by atoms with Crippen molar-refractivity contribution in [3.8, 4) is 11.3 Å². The van der Waals surface area contributed by atoms with Gasteiger partial charge < -0.3 is 10.1 Å². The summed E-state index contributed by atoms with van der Waals surface area (Å²) in [5, 5.41) is 13.6. The number of aryl methyl sites for hydroxylation is 2. The first-order chi connectivity index (χ1) is 9.47. The molecule has 6 heteroatoms. The van der Waals surface area contributed by atoms with Crippen molar-refractivity contribution >= 4 is 16.9 Å². The number of hydrogen-bond acceptors (Lipinski definition) is 2. The highest BCUT2D eigenvalue weighted by Gasteiger charge is 2.15. The van der Waals surface area contributed by atoms with Crippen LogP contribution in [0.3, 0.4) is 0 Å². The molecule has 0 radical (unpaired) electrons. The van der Waals surface area contributed by atoms with Gasteiger partial charge in [0.25, 0.3) is 0 Å². The molecule has 20 heavy (non-hydrogen) atoms. The summed E-state index contributed by atoms with van der Waals surface area (Å²) in [7, 11) is 1.63. The molecule has 0 aliphatic heterocycles. The molecule has 0 amide bonds. The summed E-state index contributed by atoms with van der Waals surface area (Å²) in [6, 6.07) is 4.64. The molecule has 102 valence electrons. The van der Waals surface area contributed by atoms with E-state index >= 15 is 0 Å². The highest BCUT2D eigenvalue weighted by Crippen LogP contribution is 2.28. The molecule has 0 aliphatic carbocycles. The van der Waals surface area contributed by atoms with Crippen molar-refractivity contribution in [1.29, 1.82) is 0 Å². The highest BCUT2D eigenvalue weighted by molar-refractivity contribution is 5.90. The van der Waals surface area contributed by atoms with E-state index in [0.29, 0.717) is 16.8 Å². The van der Waals surface area contributed by atoms with Gasteiger partial charge in [-0.05, 0) is 30.7 Å². The molecule has 1 aromatic carbocycles. The Balaban J connectivity index is 2.24. The number of aromatic carboxylic acids is 1. The van der Waals surface area contributed by atoms with Gasteiger partial charge in [-0.25, -0.2) is 9.18 Å². The average Bonchev–Trinajstić information content (AvgIpc) is 2.94. The zero-order valence-electron chi connectivity index (χ0n) is 10.9. The van der Waals surface area contributed by atoms with Gasteiger partial charge in [0.2, 0.25) is 0 Å². The number of nitrogens with zero attached hydrogens (tertiary/aromatic N) is 2. The number of benzene rings is 1. The van der Waals surface area contributed by atoms with E-state index in [2.05, 4.69) is 10.1 Å². The summed E-state index contributed by atoms with van der Waals surface area (Å²) in [6.07, 6.45) is 1.74. The SMILES string of the molecule is Cc1c[nH]c2c(F)cc(-c3cc(C(=O)O)nn3C)cc12. The number of H-pyrrole nitrogens is 1. The zero-order chi connectivity index (χ0) is 14.4. The Morgan fingerprint density at radius 2 is 2.15 bits per heavy atom. The number of carbonyl (C=O) groups is 1. The quantitative estimate of drug-likeness (QED) is 0.754. The molecule has 0 unspecified atom stereocenters. The lowest BCUT2D eigenvalue weighted by atomic mass is 10.1. The molecule has 2 aromatic heterocycles. The standard InChI is InChI=1S/C14H12FN3O2/c1-7-6-16-13-9(7)3-8(4-10(13)15)12-5-11(14(19)20)17-18(12)2/h3-6,16H,1-2H3,(H,19,20). The lowest BCUT2D eigenvalue weighted by Gasteiger charge is -2.04. The normalized spacial score (nSPS) is 11.2. The molecular weight excluding hydrogens is 261 g/mol. The molecule has 5 nitrogen and oxygen atoms in total. The maximum absolute atomic E-state index is 14.1. The summed E-state index contributed by atoms with van der Waals surface area (Å²) < 4.78 is 15.5. The third-order valence-corrected chi connectivity index (χ3v) is 3.34. The van der Waals surface area contributed by atoms with E-state index in [1.807, 2.05) is 13.0 Å². The van der Waals surface area contributed by atoms with Crippen molar-refractivity contribution in [2.75, 3.05) is 0 Å². The van der Waals surface area contributed by atoms with Gasteiger partial charge in [0.1, 0.15) is 5.82 Å². The van der Waals surface area contributed by atoms with Crippen LogP contribution in [0.5, 0.6) is 0 Å². The fourth-order valence-corrected chi connectivity index (χ4v) is 2.31. The van der Waals surface area contributed by atoms with Gasteiger partial charge in [0.15, 0.2) is 5.69 Å². The Kier molecular flexibility index (Phi) is 2.60. The van der Waals surface area contributed by atoms with Crippen LogP contribution in [0.4, 0.5) is 4.39 Å². The number of aromatic amines is 1. The van der Waals surface area contributed by atoms with Gasteiger partial charge in [-0.1, -0.05) is 0 Å². The fourth-order valence-electron chi connectivity index (χ4n) is 2.31. The van der Waals surface area contributed by atoms with Crippen LogP contribution < -0.4 is 0 Å². The third-order valence-electron chi connectivity index (χ3n) is 3.34. The maximum Gasteiger partial charge on any atom is 0.356 e.